The van der Waals surface area contributed by atoms with E-state index in [4.69, 9.17) is 4.74 Å². The second kappa shape index (κ2) is 5.16. The minimum Gasteiger partial charge on any atom is -0.378 e. The van der Waals surface area contributed by atoms with Gasteiger partial charge in [0, 0.05) is 32.0 Å². The van der Waals surface area contributed by atoms with E-state index in [1.54, 1.807) is 26.4 Å². The van der Waals surface area contributed by atoms with Crippen LogP contribution in [0.2, 0.25) is 0 Å². The molecule has 0 saturated heterocycles. The van der Waals surface area contributed by atoms with Crippen LogP contribution in [-0.4, -0.2) is 22.9 Å². The lowest BCUT2D eigenvalue weighted by atomic mass is 10.3. The molecule has 0 amide bonds. The fourth-order valence-corrected chi connectivity index (χ4v) is 2.43. The molecule has 2 aromatic rings. The van der Waals surface area contributed by atoms with Crippen LogP contribution in [-0.2, 0) is 11.3 Å². The number of carbonyl (C=O) groups is 1. The van der Waals surface area contributed by atoms with Gasteiger partial charge in [0.2, 0.25) is 0 Å². The van der Waals surface area contributed by atoms with Crippen molar-refractivity contribution in [1.82, 2.24) is 9.97 Å². The van der Waals surface area contributed by atoms with E-state index in [1.165, 1.54) is 11.3 Å². The molecule has 0 aliphatic rings. The Balaban J connectivity index is 2.44. The van der Waals surface area contributed by atoms with Gasteiger partial charge >= 0.3 is 0 Å². The molecule has 0 aliphatic carbocycles. The largest absolute Gasteiger partial charge is 0.378 e. The highest BCUT2D eigenvalue weighted by Crippen LogP contribution is 2.28. The molecule has 0 aliphatic heterocycles. The molecule has 0 atom stereocenters. The summed E-state index contributed by atoms with van der Waals surface area (Å²) in [5.41, 5.74) is 1.62. The van der Waals surface area contributed by atoms with E-state index in [-0.39, 0.29) is 5.78 Å². The van der Waals surface area contributed by atoms with Gasteiger partial charge in [-0.1, -0.05) is 0 Å². The molecule has 5 heteroatoms. The van der Waals surface area contributed by atoms with Crippen molar-refractivity contribution in [2.24, 2.45) is 0 Å². The van der Waals surface area contributed by atoms with Crippen LogP contribution in [0.15, 0.2) is 24.5 Å². The Labute approximate surface area is 103 Å². The second-order valence-electron chi connectivity index (χ2n) is 3.53. The van der Waals surface area contributed by atoms with Crippen LogP contribution in [0, 0.1) is 0 Å². The number of aromatic nitrogens is 2. The number of thiazole rings is 1. The lowest BCUT2D eigenvalue weighted by molar-refractivity contribution is 0.101. The summed E-state index contributed by atoms with van der Waals surface area (Å²) in [5.74, 6) is 0.0182. The summed E-state index contributed by atoms with van der Waals surface area (Å²) in [4.78, 5) is 20.6. The molecule has 0 unspecified atom stereocenters. The van der Waals surface area contributed by atoms with Gasteiger partial charge in [-0.05, 0) is 12.1 Å². The monoisotopic (exact) mass is 248 g/mol. The highest BCUT2D eigenvalue weighted by molar-refractivity contribution is 7.17. The zero-order valence-electron chi connectivity index (χ0n) is 9.64. The van der Waals surface area contributed by atoms with Crippen molar-refractivity contribution in [2.45, 2.75) is 13.5 Å². The molecule has 2 heterocycles. The Morgan fingerprint density at radius 3 is 2.94 bits per heavy atom. The molecule has 0 radical (unpaired) electrons. The lowest BCUT2D eigenvalue weighted by Gasteiger charge is -1.95. The van der Waals surface area contributed by atoms with Crippen molar-refractivity contribution < 1.29 is 9.53 Å². The Hall–Kier alpha value is -1.59. The normalized spacial score (nSPS) is 10.5. The molecule has 17 heavy (non-hydrogen) atoms. The fraction of sp³-hybridized carbons (Fsp3) is 0.250. The van der Waals surface area contributed by atoms with Crippen LogP contribution in [0.25, 0.3) is 10.6 Å². The molecular formula is C12H12N2O2S. The summed E-state index contributed by atoms with van der Waals surface area (Å²) in [7, 11) is 1.59. The van der Waals surface area contributed by atoms with E-state index >= 15 is 0 Å². The van der Waals surface area contributed by atoms with Crippen molar-refractivity contribution in [3.63, 3.8) is 0 Å². The van der Waals surface area contributed by atoms with Crippen molar-refractivity contribution in [3.8, 4) is 10.6 Å². The van der Waals surface area contributed by atoms with Crippen LogP contribution < -0.4 is 0 Å². The number of rotatable bonds is 4. The summed E-state index contributed by atoms with van der Waals surface area (Å²) in [6.07, 6.45) is 3.44. The van der Waals surface area contributed by atoms with Crippen molar-refractivity contribution >= 4 is 17.1 Å². The van der Waals surface area contributed by atoms with Crippen LogP contribution in [0.5, 0.6) is 0 Å². The number of ketones is 1. The van der Waals surface area contributed by atoms with Crippen molar-refractivity contribution in [3.05, 3.63) is 35.1 Å². The first-order valence-electron chi connectivity index (χ1n) is 5.12. The molecule has 2 aromatic heterocycles. The van der Waals surface area contributed by atoms with Crippen LogP contribution in [0.4, 0.5) is 0 Å². The SMILES string of the molecule is COCc1nc(-c2cccnc2)sc1C(C)=O. The number of methoxy groups -OCH3 is 1. The zero-order valence-corrected chi connectivity index (χ0v) is 10.5. The highest BCUT2D eigenvalue weighted by Gasteiger charge is 2.15. The van der Waals surface area contributed by atoms with E-state index < -0.39 is 0 Å². The smallest absolute Gasteiger partial charge is 0.171 e. The first kappa shape index (κ1) is 11.9. The average molecular weight is 248 g/mol. The second-order valence-corrected chi connectivity index (χ2v) is 4.52. The van der Waals surface area contributed by atoms with Gasteiger partial charge in [-0.2, -0.15) is 0 Å². The molecule has 0 aromatic carbocycles. The van der Waals surface area contributed by atoms with Gasteiger partial charge in [0.25, 0.3) is 0 Å². The maximum atomic E-state index is 11.5. The molecule has 0 N–H and O–H groups in total. The summed E-state index contributed by atoms with van der Waals surface area (Å²) in [5, 5.41) is 0.801. The summed E-state index contributed by atoms with van der Waals surface area (Å²) in [6.45, 7) is 1.89. The Morgan fingerprint density at radius 2 is 2.35 bits per heavy atom. The molecule has 0 saturated carbocycles. The summed E-state index contributed by atoms with van der Waals surface area (Å²) >= 11 is 1.38. The third kappa shape index (κ3) is 2.57. The molecule has 4 nitrogen and oxygen atoms in total. The number of hydrogen-bond acceptors (Lipinski definition) is 5. The number of hydrogen-bond donors (Lipinski definition) is 0. The third-order valence-electron chi connectivity index (χ3n) is 2.21. The number of nitrogens with zero attached hydrogens (tertiary/aromatic N) is 2. The number of carbonyl (C=O) groups excluding carboxylic acids is 1. The molecule has 0 fully saturated rings. The minimum atomic E-state index is 0.0182. The van der Waals surface area contributed by atoms with Crippen molar-refractivity contribution in [2.75, 3.05) is 7.11 Å². The van der Waals surface area contributed by atoms with Gasteiger partial charge in [0.05, 0.1) is 17.2 Å². The Kier molecular flexibility index (Phi) is 3.61. The first-order valence-corrected chi connectivity index (χ1v) is 5.94. The van der Waals surface area contributed by atoms with Gasteiger partial charge in [-0.3, -0.25) is 9.78 Å². The lowest BCUT2D eigenvalue weighted by Crippen LogP contribution is -1.97. The highest BCUT2D eigenvalue weighted by atomic mass is 32.1. The van der Waals surface area contributed by atoms with Gasteiger partial charge in [-0.15, -0.1) is 11.3 Å². The topological polar surface area (TPSA) is 52.1 Å². The van der Waals surface area contributed by atoms with Gasteiger partial charge < -0.3 is 4.74 Å². The average Bonchev–Trinajstić information content (AvgIpc) is 2.75. The van der Waals surface area contributed by atoms with Crippen molar-refractivity contribution in [1.29, 1.82) is 0 Å². The third-order valence-corrected chi connectivity index (χ3v) is 3.45. The minimum absolute atomic E-state index is 0.0182. The summed E-state index contributed by atoms with van der Waals surface area (Å²) in [6, 6.07) is 3.77. The van der Waals surface area contributed by atoms with Crippen LogP contribution in [0.3, 0.4) is 0 Å². The van der Waals surface area contributed by atoms with E-state index in [0.717, 1.165) is 10.6 Å². The van der Waals surface area contributed by atoms with E-state index in [9.17, 15) is 4.79 Å². The summed E-state index contributed by atoms with van der Waals surface area (Å²) < 4.78 is 5.04. The molecule has 88 valence electrons. The van der Waals surface area contributed by atoms with E-state index in [1.807, 2.05) is 12.1 Å². The maximum Gasteiger partial charge on any atom is 0.171 e. The van der Waals surface area contributed by atoms with Crippen LogP contribution in [0.1, 0.15) is 22.3 Å². The molecular weight excluding hydrogens is 236 g/mol. The maximum absolute atomic E-state index is 11.5. The Bertz CT molecular complexity index is 523. The fourth-order valence-electron chi connectivity index (χ4n) is 1.47. The predicted octanol–water partition coefficient (Wildman–Crippen LogP) is 2.55. The molecule has 0 spiro atoms. The number of pyridine rings is 1. The van der Waals surface area contributed by atoms with Crippen LogP contribution >= 0.6 is 11.3 Å². The molecule has 2 rings (SSSR count). The first-order chi connectivity index (χ1) is 8.22. The van der Waals surface area contributed by atoms with E-state index in [2.05, 4.69) is 9.97 Å². The van der Waals surface area contributed by atoms with Gasteiger partial charge in [0.15, 0.2) is 5.78 Å². The Morgan fingerprint density at radius 1 is 1.53 bits per heavy atom. The standard InChI is InChI=1S/C12H12N2O2S/c1-8(15)11-10(7-16-2)14-12(17-11)9-4-3-5-13-6-9/h3-6H,7H2,1-2H3. The quantitative estimate of drug-likeness (QED) is 0.780. The predicted molar refractivity (Wildman–Crippen MR) is 66.1 cm³/mol. The van der Waals surface area contributed by atoms with Gasteiger partial charge in [0.1, 0.15) is 5.01 Å². The zero-order chi connectivity index (χ0) is 12.3. The number of Topliss-reactive ketones (excluding diaryl/α,β-unsaturated/α-hetero) is 1. The van der Waals surface area contributed by atoms with E-state index in [0.29, 0.717) is 17.2 Å². The van der Waals surface area contributed by atoms with Gasteiger partial charge in [-0.25, -0.2) is 4.98 Å². The molecule has 0 bridgehead atoms. The number of ether oxygens (including phenoxy) is 1.